The van der Waals surface area contributed by atoms with Crippen LogP contribution in [0.2, 0.25) is 0 Å². The van der Waals surface area contributed by atoms with Crippen LogP contribution in [0.5, 0.6) is 0 Å². The average Bonchev–Trinajstić information content (AvgIpc) is 3.26. The molecule has 1 saturated heterocycles. The summed E-state index contributed by atoms with van der Waals surface area (Å²) in [6, 6.07) is 6.13. The summed E-state index contributed by atoms with van der Waals surface area (Å²) >= 11 is 0. The van der Waals surface area contributed by atoms with Crippen LogP contribution in [-0.2, 0) is 0 Å². The van der Waals surface area contributed by atoms with E-state index < -0.39 is 0 Å². The molecular weight excluding hydrogens is 309 g/mol. The minimum absolute atomic E-state index is 0.117. The molecule has 1 atom stereocenters. The second-order valence-corrected chi connectivity index (χ2v) is 6.27. The van der Waals surface area contributed by atoms with Gasteiger partial charge in [-0.05, 0) is 24.6 Å². The normalized spacial score (nSPS) is 16.2. The molecule has 0 saturated carbocycles. The van der Waals surface area contributed by atoms with Gasteiger partial charge in [-0.3, -0.25) is 4.79 Å². The Morgan fingerprint density at radius 3 is 2.75 bits per heavy atom. The second kappa shape index (κ2) is 7.53. The number of likely N-dealkylation sites (tertiary alicyclic amines) is 1. The standard InChI is InChI=1S/C17H22FN5O/c1-13(14-4-6-15(18)7-5-14)23-12-16(20-21-23)17(24)19-8-11-22-9-2-3-10-22/h4-7,12-13H,2-3,8-11H2,1H3,(H,19,24)/p+1/t13-/m1/s1. The van der Waals surface area contributed by atoms with Crippen molar-refractivity contribution in [1.29, 1.82) is 0 Å². The molecule has 0 radical (unpaired) electrons. The fourth-order valence-electron chi connectivity index (χ4n) is 3.03. The Bertz CT molecular complexity index is 679. The van der Waals surface area contributed by atoms with Crippen molar-refractivity contribution in [1.82, 2.24) is 20.3 Å². The van der Waals surface area contributed by atoms with E-state index in [9.17, 15) is 9.18 Å². The van der Waals surface area contributed by atoms with E-state index in [1.165, 1.54) is 38.1 Å². The van der Waals surface area contributed by atoms with Gasteiger partial charge < -0.3 is 10.2 Å². The molecular formula is C17H23FN5O+. The quantitative estimate of drug-likeness (QED) is 0.807. The van der Waals surface area contributed by atoms with Crippen LogP contribution in [0.25, 0.3) is 0 Å². The van der Waals surface area contributed by atoms with Gasteiger partial charge in [-0.25, -0.2) is 9.07 Å². The van der Waals surface area contributed by atoms with Crippen molar-refractivity contribution in [2.24, 2.45) is 0 Å². The number of carbonyl (C=O) groups is 1. The minimum atomic E-state index is -0.273. The lowest BCUT2D eigenvalue weighted by Crippen LogP contribution is -3.10. The first-order valence-corrected chi connectivity index (χ1v) is 8.42. The predicted octanol–water partition coefficient (Wildman–Crippen LogP) is 0.435. The fourth-order valence-corrected chi connectivity index (χ4v) is 3.03. The van der Waals surface area contributed by atoms with Crippen molar-refractivity contribution in [3.63, 3.8) is 0 Å². The Labute approximate surface area is 140 Å². The van der Waals surface area contributed by atoms with Gasteiger partial charge in [0.05, 0.1) is 38.4 Å². The van der Waals surface area contributed by atoms with Gasteiger partial charge in [0, 0.05) is 12.8 Å². The summed E-state index contributed by atoms with van der Waals surface area (Å²) in [5.74, 6) is -0.476. The van der Waals surface area contributed by atoms with Crippen molar-refractivity contribution in [2.75, 3.05) is 26.2 Å². The highest BCUT2D eigenvalue weighted by Crippen LogP contribution is 2.17. The molecule has 1 fully saturated rings. The molecule has 7 heteroatoms. The lowest BCUT2D eigenvalue weighted by molar-refractivity contribution is -0.886. The topological polar surface area (TPSA) is 64.2 Å². The van der Waals surface area contributed by atoms with Crippen molar-refractivity contribution < 1.29 is 14.1 Å². The molecule has 0 aliphatic carbocycles. The smallest absolute Gasteiger partial charge is 0.273 e. The van der Waals surface area contributed by atoms with E-state index in [-0.39, 0.29) is 17.8 Å². The van der Waals surface area contributed by atoms with Crippen molar-refractivity contribution >= 4 is 5.91 Å². The SMILES string of the molecule is C[C@H](c1ccc(F)cc1)n1cc(C(=O)NCC[NH+]2CCCC2)nn1. The van der Waals surface area contributed by atoms with Crippen LogP contribution >= 0.6 is 0 Å². The maximum absolute atomic E-state index is 13.0. The van der Waals surface area contributed by atoms with Gasteiger partial charge >= 0.3 is 0 Å². The first kappa shape index (κ1) is 16.6. The number of aromatic nitrogens is 3. The van der Waals surface area contributed by atoms with E-state index in [0.29, 0.717) is 12.2 Å². The van der Waals surface area contributed by atoms with Gasteiger partial charge in [-0.1, -0.05) is 17.3 Å². The summed E-state index contributed by atoms with van der Waals surface area (Å²) in [5.41, 5.74) is 1.21. The molecule has 2 N–H and O–H groups in total. The summed E-state index contributed by atoms with van der Waals surface area (Å²) in [6.45, 7) is 5.92. The van der Waals surface area contributed by atoms with E-state index in [1.807, 2.05) is 6.92 Å². The zero-order chi connectivity index (χ0) is 16.9. The molecule has 1 amide bonds. The molecule has 1 aliphatic rings. The lowest BCUT2D eigenvalue weighted by Gasteiger charge is -2.12. The summed E-state index contributed by atoms with van der Waals surface area (Å²) in [4.78, 5) is 13.7. The third-order valence-electron chi connectivity index (χ3n) is 4.57. The van der Waals surface area contributed by atoms with E-state index in [4.69, 9.17) is 0 Å². The maximum atomic E-state index is 13.0. The number of benzene rings is 1. The van der Waals surface area contributed by atoms with Crippen molar-refractivity contribution in [3.8, 4) is 0 Å². The second-order valence-electron chi connectivity index (χ2n) is 6.27. The van der Waals surface area contributed by atoms with Crippen LogP contribution in [0.4, 0.5) is 4.39 Å². The highest BCUT2D eigenvalue weighted by atomic mass is 19.1. The number of hydrogen-bond donors (Lipinski definition) is 2. The van der Waals surface area contributed by atoms with Crippen LogP contribution in [0, 0.1) is 5.82 Å². The Morgan fingerprint density at radius 1 is 1.33 bits per heavy atom. The van der Waals surface area contributed by atoms with Gasteiger partial charge in [-0.2, -0.15) is 0 Å². The minimum Gasteiger partial charge on any atom is -0.345 e. The molecule has 1 aliphatic heterocycles. The van der Waals surface area contributed by atoms with Crippen LogP contribution in [0.3, 0.4) is 0 Å². The van der Waals surface area contributed by atoms with Gasteiger partial charge in [0.25, 0.3) is 5.91 Å². The predicted molar refractivity (Wildman–Crippen MR) is 87.4 cm³/mol. The molecule has 24 heavy (non-hydrogen) atoms. The zero-order valence-electron chi connectivity index (χ0n) is 13.8. The van der Waals surface area contributed by atoms with Gasteiger partial charge in [-0.15, -0.1) is 5.10 Å². The fraction of sp³-hybridized carbons (Fsp3) is 0.471. The number of rotatable bonds is 6. The summed E-state index contributed by atoms with van der Waals surface area (Å²) < 4.78 is 14.6. The number of nitrogens with zero attached hydrogens (tertiary/aromatic N) is 3. The molecule has 0 bridgehead atoms. The van der Waals surface area contributed by atoms with Crippen LogP contribution in [-0.4, -0.2) is 47.1 Å². The summed E-state index contributed by atoms with van der Waals surface area (Å²) in [5, 5.41) is 10.9. The summed E-state index contributed by atoms with van der Waals surface area (Å²) in [6.07, 6.45) is 4.18. The van der Waals surface area contributed by atoms with Crippen LogP contribution < -0.4 is 10.2 Å². The molecule has 0 spiro atoms. The molecule has 1 aromatic carbocycles. The largest absolute Gasteiger partial charge is 0.345 e. The molecule has 6 nitrogen and oxygen atoms in total. The number of carbonyl (C=O) groups excluding carboxylic acids is 1. The van der Waals surface area contributed by atoms with Crippen molar-refractivity contribution in [2.45, 2.75) is 25.8 Å². The maximum Gasteiger partial charge on any atom is 0.273 e. The van der Waals surface area contributed by atoms with E-state index >= 15 is 0 Å². The number of quaternary nitrogens is 1. The molecule has 128 valence electrons. The zero-order valence-corrected chi connectivity index (χ0v) is 13.8. The van der Waals surface area contributed by atoms with E-state index in [1.54, 1.807) is 27.9 Å². The molecule has 2 aromatic rings. The Kier molecular flexibility index (Phi) is 5.20. The molecule has 3 rings (SSSR count). The van der Waals surface area contributed by atoms with Gasteiger partial charge in [0.15, 0.2) is 5.69 Å². The monoisotopic (exact) mass is 332 g/mol. The van der Waals surface area contributed by atoms with Crippen LogP contribution in [0.15, 0.2) is 30.5 Å². The molecule has 0 unspecified atom stereocenters. The number of hydrogen-bond acceptors (Lipinski definition) is 3. The van der Waals surface area contributed by atoms with Gasteiger partial charge in [0.1, 0.15) is 5.82 Å². The Balaban J connectivity index is 1.55. The first-order valence-electron chi connectivity index (χ1n) is 8.42. The molecule has 2 heterocycles. The Morgan fingerprint density at radius 2 is 2.04 bits per heavy atom. The lowest BCUT2D eigenvalue weighted by atomic mass is 10.1. The third kappa shape index (κ3) is 3.97. The average molecular weight is 332 g/mol. The number of amides is 1. The van der Waals surface area contributed by atoms with Crippen molar-refractivity contribution in [3.05, 3.63) is 47.5 Å². The molecule has 1 aromatic heterocycles. The Hall–Kier alpha value is -2.28. The van der Waals surface area contributed by atoms with Gasteiger partial charge in [0.2, 0.25) is 0 Å². The first-order chi connectivity index (χ1) is 11.6. The highest BCUT2D eigenvalue weighted by Gasteiger charge is 2.17. The van der Waals surface area contributed by atoms with E-state index in [0.717, 1.165) is 12.1 Å². The van der Waals surface area contributed by atoms with E-state index in [2.05, 4.69) is 15.6 Å². The number of halogens is 1. The third-order valence-corrected chi connectivity index (χ3v) is 4.57. The van der Waals surface area contributed by atoms with Crippen LogP contribution in [0.1, 0.15) is 41.9 Å². The number of nitrogens with one attached hydrogen (secondary N) is 2. The highest BCUT2D eigenvalue weighted by molar-refractivity contribution is 5.91. The summed E-state index contributed by atoms with van der Waals surface area (Å²) in [7, 11) is 0.